The Hall–Kier alpha value is -2.08. The van der Waals surface area contributed by atoms with Crippen LogP contribution < -0.4 is 10.5 Å². The van der Waals surface area contributed by atoms with Gasteiger partial charge in [-0.15, -0.1) is 0 Å². The number of nitrogen functional groups attached to an aromatic ring is 1. The zero-order valence-electron chi connectivity index (χ0n) is 11.5. The number of nitrogens with zero attached hydrogens (tertiary/aromatic N) is 2. The van der Waals surface area contributed by atoms with Crippen LogP contribution in [0.15, 0.2) is 22.7 Å². The second kappa shape index (κ2) is 4.79. The summed E-state index contributed by atoms with van der Waals surface area (Å²) in [6.07, 6.45) is 1.90. The van der Waals surface area contributed by atoms with Crippen LogP contribution in [0, 0.1) is 0 Å². The van der Waals surface area contributed by atoms with Gasteiger partial charge < -0.3 is 19.7 Å². The van der Waals surface area contributed by atoms with Crippen LogP contribution in [-0.4, -0.2) is 23.9 Å². The zero-order chi connectivity index (χ0) is 14.2. The molecule has 0 aliphatic carbocycles. The molecule has 0 saturated carbocycles. The molecule has 1 aliphatic heterocycles. The maximum atomic E-state index is 5.74. The lowest BCUT2D eigenvalue weighted by atomic mass is 10.0. The van der Waals surface area contributed by atoms with Gasteiger partial charge in [-0.1, -0.05) is 5.16 Å². The van der Waals surface area contributed by atoms with E-state index >= 15 is 0 Å². The van der Waals surface area contributed by atoms with Crippen LogP contribution in [0.25, 0.3) is 11.5 Å². The molecule has 3 rings (SSSR count). The van der Waals surface area contributed by atoms with Crippen LogP contribution in [0.5, 0.6) is 5.75 Å². The highest BCUT2D eigenvalue weighted by molar-refractivity contribution is 5.66. The van der Waals surface area contributed by atoms with Gasteiger partial charge in [0, 0.05) is 18.4 Å². The summed E-state index contributed by atoms with van der Waals surface area (Å²) in [4.78, 5) is 4.45. The van der Waals surface area contributed by atoms with Crippen LogP contribution in [-0.2, 0) is 10.3 Å². The van der Waals surface area contributed by atoms with Crippen molar-refractivity contribution in [1.29, 1.82) is 0 Å². The van der Waals surface area contributed by atoms with E-state index < -0.39 is 5.60 Å². The van der Waals surface area contributed by atoms with E-state index in [1.807, 2.05) is 13.0 Å². The first kappa shape index (κ1) is 12.9. The van der Waals surface area contributed by atoms with Crippen molar-refractivity contribution in [2.24, 2.45) is 0 Å². The lowest BCUT2D eigenvalue weighted by Crippen LogP contribution is -2.21. The molecule has 2 heterocycles. The lowest BCUT2D eigenvalue weighted by Gasteiger charge is -2.17. The molecule has 1 fully saturated rings. The third-order valence-corrected chi connectivity index (χ3v) is 3.57. The molecule has 6 nitrogen and oxygen atoms in total. The first-order valence-corrected chi connectivity index (χ1v) is 6.54. The number of hydrogen-bond donors (Lipinski definition) is 1. The Morgan fingerprint density at radius 1 is 1.40 bits per heavy atom. The molecular weight excluding hydrogens is 258 g/mol. The number of anilines is 1. The van der Waals surface area contributed by atoms with E-state index in [-0.39, 0.29) is 0 Å². The molecule has 1 aliphatic rings. The normalized spacial score (nSPS) is 22.1. The summed E-state index contributed by atoms with van der Waals surface area (Å²) in [6.45, 7) is 2.71. The number of hydrogen-bond acceptors (Lipinski definition) is 6. The van der Waals surface area contributed by atoms with Gasteiger partial charge in [0.2, 0.25) is 5.82 Å². The average molecular weight is 275 g/mol. The molecule has 0 amide bonds. The molecule has 2 aromatic rings. The Kier molecular flexibility index (Phi) is 3.10. The van der Waals surface area contributed by atoms with Gasteiger partial charge in [-0.05, 0) is 31.9 Å². The smallest absolute Gasteiger partial charge is 0.261 e. The summed E-state index contributed by atoms with van der Waals surface area (Å²) < 4.78 is 16.4. The molecule has 106 valence electrons. The minimum Gasteiger partial charge on any atom is -0.496 e. The van der Waals surface area contributed by atoms with E-state index in [0.29, 0.717) is 23.2 Å². The average Bonchev–Trinajstić information content (AvgIpc) is 3.08. The molecule has 20 heavy (non-hydrogen) atoms. The van der Waals surface area contributed by atoms with E-state index in [2.05, 4.69) is 10.1 Å². The zero-order valence-corrected chi connectivity index (χ0v) is 11.5. The minimum absolute atomic E-state index is 0.411. The number of methoxy groups -OCH3 is 1. The summed E-state index contributed by atoms with van der Waals surface area (Å²) in [5.74, 6) is 1.59. The van der Waals surface area contributed by atoms with Crippen molar-refractivity contribution in [2.75, 3.05) is 19.5 Å². The molecular formula is C14H17N3O3. The van der Waals surface area contributed by atoms with Gasteiger partial charge in [0.1, 0.15) is 11.4 Å². The first-order chi connectivity index (χ1) is 9.62. The highest BCUT2D eigenvalue weighted by Gasteiger charge is 2.36. The molecule has 0 spiro atoms. The summed E-state index contributed by atoms with van der Waals surface area (Å²) in [6, 6.07) is 5.31. The van der Waals surface area contributed by atoms with Gasteiger partial charge in [-0.3, -0.25) is 0 Å². The molecule has 1 atom stereocenters. The third-order valence-electron chi connectivity index (χ3n) is 3.57. The predicted octanol–water partition coefficient (Wildman–Crippen LogP) is 2.35. The van der Waals surface area contributed by atoms with Crippen molar-refractivity contribution < 1.29 is 14.0 Å². The van der Waals surface area contributed by atoms with E-state index in [0.717, 1.165) is 25.0 Å². The molecule has 6 heteroatoms. The van der Waals surface area contributed by atoms with Crippen molar-refractivity contribution in [3.63, 3.8) is 0 Å². The van der Waals surface area contributed by atoms with Gasteiger partial charge in [-0.2, -0.15) is 4.98 Å². The minimum atomic E-state index is -0.456. The van der Waals surface area contributed by atoms with Gasteiger partial charge in [0.05, 0.1) is 12.7 Å². The fourth-order valence-corrected chi connectivity index (χ4v) is 2.39. The van der Waals surface area contributed by atoms with Crippen LogP contribution in [0.4, 0.5) is 5.69 Å². The maximum absolute atomic E-state index is 5.74. The standard InChI is InChI=1S/C14H17N3O3/c1-14(6-3-7-19-14)13-16-12(20-17-13)10-5-4-9(15)8-11(10)18-2/h4-5,8H,3,6-7,15H2,1-2H3. The van der Waals surface area contributed by atoms with Crippen LogP contribution in [0.3, 0.4) is 0 Å². The van der Waals surface area contributed by atoms with Crippen molar-refractivity contribution in [2.45, 2.75) is 25.4 Å². The largest absolute Gasteiger partial charge is 0.496 e. The Balaban J connectivity index is 1.98. The van der Waals surface area contributed by atoms with Crippen molar-refractivity contribution in [1.82, 2.24) is 10.1 Å². The van der Waals surface area contributed by atoms with Crippen molar-refractivity contribution in [3.8, 4) is 17.2 Å². The molecule has 2 N–H and O–H groups in total. The first-order valence-electron chi connectivity index (χ1n) is 6.54. The number of nitrogens with two attached hydrogens (primary N) is 1. The second-order valence-electron chi connectivity index (χ2n) is 5.07. The Labute approximate surface area is 116 Å². The van der Waals surface area contributed by atoms with Gasteiger partial charge in [0.25, 0.3) is 5.89 Å². The van der Waals surface area contributed by atoms with E-state index in [1.54, 1.807) is 19.2 Å². The summed E-state index contributed by atoms with van der Waals surface area (Å²) in [5, 5.41) is 4.05. The van der Waals surface area contributed by atoms with Gasteiger partial charge in [0.15, 0.2) is 0 Å². The topological polar surface area (TPSA) is 83.4 Å². The number of aromatic nitrogens is 2. The predicted molar refractivity (Wildman–Crippen MR) is 73.2 cm³/mol. The van der Waals surface area contributed by atoms with Gasteiger partial charge in [-0.25, -0.2) is 0 Å². The highest BCUT2D eigenvalue weighted by Crippen LogP contribution is 2.36. The summed E-state index contributed by atoms with van der Waals surface area (Å²) in [7, 11) is 1.58. The molecule has 0 bridgehead atoms. The van der Waals surface area contributed by atoms with Crippen molar-refractivity contribution >= 4 is 5.69 Å². The third kappa shape index (κ3) is 2.12. The van der Waals surface area contributed by atoms with E-state index in [4.69, 9.17) is 19.7 Å². The lowest BCUT2D eigenvalue weighted by molar-refractivity contribution is 0.00768. The second-order valence-corrected chi connectivity index (χ2v) is 5.07. The van der Waals surface area contributed by atoms with E-state index in [1.165, 1.54) is 0 Å². The number of rotatable bonds is 3. The summed E-state index contributed by atoms with van der Waals surface area (Å²) >= 11 is 0. The van der Waals surface area contributed by atoms with Crippen molar-refractivity contribution in [3.05, 3.63) is 24.0 Å². The molecule has 0 radical (unpaired) electrons. The number of benzene rings is 1. The fraction of sp³-hybridized carbons (Fsp3) is 0.429. The molecule has 1 saturated heterocycles. The Bertz CT molecular complexity index is 618. The maximum Gasteiger partial charge on any atom is 0.261 e. The fourth-order valence-electron chi connectivity index (χ4n) is 2.39. The molecule has 1 aromatic carbocycles. The van der Waals surface area contributed by atoms with Crippen LogP contribution in [0.2, 0.25) is 0 Å². The van der Waals surface area contributed by atoms with Gasteiger partial charge >= 0.3 is 0 Å². The monoisotopic (exact) mass is 275 g/mol. The molecule has 1 aromatic heterocycles. The van der Waals surface area contributed by atoms with Crippen LogP contribution in [0.1, 0.15) is 25.6 Å². The quantitative estimate of drug-likeness (QED) is 0.866. The Morgan fingerprint density at radius 3 is 2.95 bits per heavy atom. The Morgan fingerprint density at radius 2 is 2.25 bits per heavy atom. The number of ether oxygens (including phenoxy) is 2. The molecule has 1 unspecified atom stereocenters. The highest BCUT2D eigenvalue weighted by atomic mass is 16.5. The SMILES string of the molecule is COc1cc(N)ccc1-c1nc(C2(C)CCCO2)no1. The summed E-state index contributed by atoms with van der Waals surface area (Å²) in [5.41, 5.74) is 6.63. The van der Waals surface area contributed by atoms with E-state index in [9.17, 15) is 0 Å². The van der Waals surface area contributed by atoms with Crippen LogP contribution >= 0.6 is 0 Å².